The number of carbonyl (C=O) groups is 12. The normalized spacial score (nSPS) is 27.2. The Morgan fingerprint density at radius 3 is 2.09 bits per heavy atom. The van der Waals surface area contributed by atoms with Gasteiger partial charge in [-0.1, -0.05) is 123 Å². The molecular formula is C104H149IN8O31S3. The molecule has 5 fully saturated rings. The van der Waals surface area contributed by atoms with E-state index >= 15 is 0 Å². The van der Waals surface area contributed by atoms with Crippen LogP contribution in [0.1, 0.15) is 219 Å². The average Bonchev–Trinajstić information content (AvgIpc) is 0.756. The van der Waals surface area contributed by atoms with Crippen molar-refractivity contribution in [2.45, 2.75) is 327 Å². The molecule has 7 aliphatic rings. The number of allylic oxidation sites excluding steroid dienone is 2. The number of anilines is 1. The number of Topliss-reactive ketones (excluding diaryl/α,β-unsaturated/α-hetero) is 3. The number of halogens is 1. The molecule has 18 unspecified atom stereocenters. The van der Waals surface area contributed by atoms with Crippen LogP contribution in [0.4, 0.5) is 15.3 Å². The van der Waals surface area contributed by atoms with E-state index in [2.05, 4.69) is 55.7 Å². The summed E-state index contributed by atoms with van der Waals surface area (Å²) in [4.78, 5) is 166. The molecule has 2 aromatic rings. The number of likely N-dealkylation sites (tertiary alicyclic amines) is 1. The van der Waals surface area contributed by atoms with Gasteiger partial charge in [-0.25, -0.2) is 9.59 Å². The van der Waals surface area contributed by atoms with Crippen molar-refractivity contribution in [2.75, 3.05) is 91.6 Å². The number of fused-ring (bicyclic) bond motifs is 2. The number of alkyl carbamates (subject to hydrolysis) is 1. The highest BCUT2D eigenvalue weighted by Crippen LogP contribution is 2.48. The Bertz CT molecular complexity index is 5080. The molecule has 5 heterocycles. The van der Waals surface area contributed by atoms with E-state index < -0.39 is 168 Å². The number of nitrogens with two attached hydrogens (primary N) is 1. The number of hydroxylamine groups is 1. The Kier molecular flexibility index (Phi) is 48.7. The van der Waals surface area contributed by atoms with Crippen LogP contribution in [0.2, 0.25) is 0 Å². The molecule has 39 nitrogen and oxygen atoms in total. The summed E-state index contributed by atoms with van der Waals surface area (Å²) in [5, 5.41) is 71.8. The third kappa shape index (κ3) is 35.9. The van der Waals surface area contributed by atoms with Gasteiger partial charge in [0.05, 0.1) is 104 Å². The van der Waals surface area contributed by atoms with Gasteiger partial charge in [-0.2, -0.15) is 5.48 Å². The van der Waals surface area contributed by atoms with Crippen LogP contribution in [0.25, 0.3) is 0 Å². The van der Waals surface area contributed by atoms with E-state index in [-0.39, 0.29) is 188 Å². The number of ether oxygens (including phenoxy) is 13. The summed E-state index contributed by atoms with van der Waals surface area (Å²) in [6, 6.07) is 3.87. The number of urea groups is 1. The third-order valence-corrected chi connectivity index (χ3v) is 32.6. The molecule has 0 saturated carbocycles. The quantitative estimate of drug-likeness (QED) is 0.00558. The Labute approximate surface area is 886 Å². The standard InChI is InChI=1S/C104H149IN8O31S3/c1-57(2)85(111-77(119)30-22-20-24-42-113-78(120)52-71(96(113)126)102(10,11)12)72(115)50-66(28-25-39-108-100(106)128)95(125)110-68-33-31-65(32-34-68)55-137-101(129)109-41-27-44-135-46-45-134-43-26-40-107-76(118)35-38-103(13,14)147-145-47-36-70-83-69(51-79(121)131-15)74(117)54-104(70,130)37-23-19-18-21-29-75(83)141-99-93(142-80-48-58(3)67(56-136-80)49-59(4)114)88(123)86(62(7)139-99)112-144-81-53-73(116)94(64(9)138-81)146-97(127)82-60(5)84(105)91(61(6)90(82)132-16)143-98-89(124)92(133-17)87(122)63(8)140-98/h18-19,31-34,36,57-58,62-64,66-67,71,73,75,80-81,85-89,92-94,98-99,112,116,122-124,130H,20,22,24-28,30,35,38-56H2,1-17H3,(H,107,118)(H,109,129)(H,110,125)(H,111,119)(H3,106,108,128)/b19-18-,70-36-/t58?,62?,63?,64?,66-,67?,71?,73?,75+,80?,81?,85+,86?,87?,88?,89?,92?,93?,94?,98?,99?,104+/m1/s1. The van der Waals surface area contributed by atoms with E-state index in [1.54, 1.807) is 78.8 Å². The number of methoxy groups -OCH3 is 3. The first-order valence-electron chi connectivity index (χ1n) is 50.1. The Morgan fingerprint density at radius 1 is 0.755 bits per heavy atom. The smallest absolute Gasteiger partial charge is 0.407 e. The Morgan fingerprint density at radius 2 is 1.44 bits per heavy atom. The number of hydrogen-bond donors (Lipinski definition) is 12. The van der Waals surface area contributed by atoms with Crippen molar-refractivity contribution in [1.82, 2.24) is 31.6 Å². The van der Waals surface area contributed by atoms with E-state index in [0.717, 1.165) is 11.8 Å². The highest BCUT2D eigenvalue weighted by molar-refractivity contribution is 14.1. The lowest BCUT2D eigenvalue weighted by molar-refractivity contribution is -0.335. The minimum atomic E-state index is -2.17. The van der Waals surface area contributed by atoms with Crippen molar-refractivity contribution in [3.63, 3.8) is 0 Å². The first-order chi connectivity index (χ1) is 69.7. The lowest BCUT2D eigenvalue weighted by atomic mass is 9.72. The minimum absolute atomic E-state index is 0.00555. The van der Waals surface area contributed by atoms with E-state index in [1.807, 2.05) is 64.1 Å². The van der Waals surface area contributed by atoms with Crippen LogP contribution in [0, 0.1) is 76.1 Å². The van der Waals surface area contributed by atoms with Gasteiger partial charge < -0.3 is 124 Å². The molecule has 147 heavy (non-hydrogen) atoms. The number of thioether (sulfide) groups is 1. The Balaban J connectivity index is 0.710. The van der Waals surface area contributed by atoms with Crippen molar-refractivity contribution in [2.24, 2.45) is 40.7 Å². The molecule has 2 aliphatic carbocycles. The number of esters is 1. The number of amides is 8. The summed E-state index contributed by atoms with van der Waals surface area (Å²) >= 11 is 2.89. The number of hydrogen-bond acceptors (Lipinski definition) is 35. The van der Waals surface area contributed by atoms with Gasteiger partial charge in [-0.3, -0.25) is 52.9 Å². The molecule has 0 radical (unpaired) electrons. The van der Waals surface area contributed by atoms with Gasteiger partial charge in [0, 0.05) is 136 Å². The van der Waals surface area contributed by atoms with E-state index in [9.17, 15) is 83.1 Å². The van der Waals surface area contributed by atoms with Gasteiger partial charge in [0.2, 0.25) is 40.9 Å². The van der Waals surface area contributed by atoms with E-state index in [4.69, 9.17) is 72.2 Å². The predicted molar refractivity (Wildman–Crippen MR) is 555 cm³/mol. The maximum atomic E-state index is 14.6. The second-order valence-corrected chi connectivity index (χ2v) is 45.4. The monoisotopic (exact) mass is 2230 g/mol. The largest absolute Gasteiger partial charge is 0.496 e. The lowest BCUT2D eigenvalue weighted by Crippen LogP contribution is -2.64. The molecule has 0 spiro atoms. The molecule has 9 rings (SSSR count). The van der Waals surface area contributed by atoms with Crippen molar-refractivity contribution in [1.29, 1.82) is 0 Å². The molecular weight excluding hydrogens is 2080 g/mol. The number of benzene rings is 2. The lowest BCUT2D eigenvalue weighted by Gasteiger charge is -2.46. The molecule has 0 aromatic heterocycles. The molecule has 43 heteroatoms. The predicted octanol–water partition coefficient (Wildman–Crippen LogP) is 9.21. The molecule has 2 aromatic carbocycles. The second kappa shape index (κ2) is 58.6. The zero-order valence-electron chi connectivity index (χ0n) is 87.0. The fourth-order valence-corrected chi connectivity index (χ4v) is 22.6. The molecule has 5 saturated heterocycles. The number of unbranched alkanes of at least 4 members (excludes halogenated alkanes) is 2. The van der Waals surface area contributed by atoms with Crippen molar-refractivity contribution >= 4 is 132 Å². The van der Waals surface area contributed by atoms with Crippen LogP contribution in [0.15, 0.2) is 59.2 Å². The number of primary amides is 1. The number of rotatable bonds is 54. The molecule has 13 N–H and O–H groups in total. The first-order valence-corrected chi connectivity index (χ1v) is 54.4. The Hall–Kier alpha value is -8.24. The average molecular weight is 2230 g/mol. The van der Waals surface area contributed by atoms with Gasteiger partial charge >= 0.3 is 18.1 Å². The van der Waals surface area contributed by atoms with Gasteiger partial charge in [-0.15, -0.1) is 0 Å². The van der Waals surface area contributed by atoms with Crippen LogP contribution in [0.5, 0.6) is 11.5 Å². The van der Waals surface area contributed by atoms with Gasteiger partial charge in [0.1, 0.15) is 60.5 Å². The number of nitrogens with zero attached hydrogens (tertiary/aromatic N) is 1. The van der Waals surface area contributed by atoms with Gasteiger partial charge in [0.15, 0.2) is 36.0 Å². The topological polar surface area (TPSA) is 537 Å². The van der Waals surface area contributed by atoms with Crippen LogP contribution in [-0.4, -0.2) is 301 Å². The number of ketones is 3. The summed E-state index contributed by atoms with van der Waals surface area (Å²) in [6.45, 7) is 27.6. The fourth-order valence-electron chi connectivity index (χ4n) is 18.2. The molecule has 22 atom stereocenters. The van der Waals surface area contributed by atoms with Crippen LogP contribution in [0.3, 0.4) is 0 Å². The highest BCUT2D eigenvalue weighted by Gasteiger charge is 2.53. The minimum Gasteiger partial charge on any atom is -0.496 e. The summed E-state index contributed by atoms with van der Waals surface area (Å²) in [5.41, 5.74) is 7.88. The summed E-state index contributed by atoms with van der Waals surface area (Å²) in [5.74, 6) is 7.52. The number of nitrogens with one attached hydrogen (secondary N) is 6. The summed E-state index contributed by atoms with van der Waals surface area (Å²) in [6.07, 6.45) is -9.81. The number of imide groups is 1. The van der Waals surface area contributed by atoms with Crippen molar-refractivity contribution in [3.8, 4) is 35.2 Å². The zero-order chi connectivity index (χ0) is 108. The van der Waals surface area contributed by atoms with Crippen LogP contribution in [-0.2, 0) is 107 Å². The number of carbonyl (C=O) groups excluding carboxylic acids is 12. The first kappa shape index (κ1) is 122. The summed E-state index contributed by atoms with van der Waals surface area (Å²) < 4.78 is 78.3. The van der Waals surface area contributed by atoms with Crippen LogP contribution < -0.4 is 47.3 Å². The second-order valence-electron chi connectivity index (χ2n) is 40.1. The zero-order valence-corrected chi connectivity index (χ0v) is 91.6. The highest BCUT2D eigenvalue weighted by atomic mass is 127. The molecule has 8 amide bonds. The molecule has 2 bridgehead atoms. The molecule has 5 aliphatic heterocycles. The molecule has 816 valence electrons. The van der Waals surface area contributed by atoms with Crippen molar-refractivity contribution < 1.29 is 149 Å². The SMILES string of the molecule is COC(=O)CC1=C2/C(=C/CSSC(C)(C)CCC(=O)NCCCOCCOCCCNC(=O)OCc3ccc(NC(=O)[C@H](CCCNC(N)=O)CC(=O)[C@@H](NC(=O)CCCCCN4C(=O)CC(C(C)(C)C)C4=O)C(C)C)cc3)[C@](O)(C#C/C=C\C#C[C@@H]2OC2OC(C)C(NOC3CC(O)C(SC(=O)c4c(C)c(I)c(OC5OC(C)C(O)C(OC)C5O)c(C)c4OC)C(C)O3)C(O)C2OC2CC(C)C(CC(C)=O)CO2)CC1=O. The van der Waals surface area contributed by atoms with Gasteiger partial charge in [0.25, 0.3) is 0 Å². The number of aliphatic hydroxyl groups excluding tert-OH is 4. The van der Waals surface area contributed by atoms with Gasteiger partial charge in [-0.05, 0) is 182 Å². The van der Waals surface area contributed by atoms with Crippen LogP contribution >= 0.6 is 55.9 Å². The maximum absolute atomic E-state index is 14.6. The fraction of sp³-hybridized carbons (Fsp3) is 0.673. The maximum Gasteiger partial charge on any atom is 0.407 e. The van der Waals surface area contributed by atoms with E-state index in [1.165, 1.54) is 66.9 Å². The summed E-state index contributed by atoms with van der Waals surface area (Å²) in [7, 11) is 6.83. The number of aliphatic hydroxyl groups is 5. The third-order valence-electron chi connectivity index (χ3n) is 26.8. The van der Waals surface area contributed by atoms with E-state index in [0.29, 0.717) is 104 Å². The van der Waals surface area contributed by atoms with Crippen molar-refractivity contribution in [3.05, 3.63) is 85.0 Å².